The standard InChI is InChI=1S/C14H18N2O5/c1-8(2)7-11(13(19)20)16-14(21)15-10-5-3-9(4-6-10)12(17)18/h3-6,8,11H,7H2,1-2H3,(H,17,18)(H,19,20)(H2,15,16,21). The zero-order valence-electron chi connectivity index (χ0n) is 11.8. The van der Waals surface area contributed by atoms with Gasteiger partial charge in [-0.05, 0) is 36.6 Å². The highest BCUT2D eigenvalue weighted by Crippen LogP contribution is 2.10. The van der Waals surface area contributed by atoms with Crippen LogP contribution in [-0.4, -0.2) is 34.2 Å². The summed E-state index contributed by atoms with van der Waals surface area (Å²) in [5.74, 6) is -2.03. The number of amides is 2. The summed E-state index contributed by atoms with van der Waals surface area (Å²) in [6.45, 7) is 3.72. The fourth-order valence-electron chi connectivity index (χ4n) is 1.71. The number of carbonyl (C=O) groups is 3. The monoisotopic (exact) mass is 294 g/mol. The van der Waals surface area contributed by atoms with E-state index in [-0.39, 0.29) is 11.5 Å². The fourth-order valence-corrected chi connectivity index (χ4v) is 1.71. The van der Waals surface area contributed by atoms with Crippen LogP contribution in [0.1, 0.15) is 30.6 Å². The van der Waals surface area contributed by atoms with Gasteiger partial charge in [0.25, 0.3) is 0 Å². The van der Waals surface area contributed by atoms with Gasteiger partial charge >= 0.3 is 18.0 Å². The predicted octanol–water partition coefficient (Wildman–Crippen LogP) is 2.01. The van der Waals surface area contributed by atoms with Crippen molar-refractivity contribution in [2.75, 3.05) is 5.32 Å². The third-order valence-electron chi connectivity index (χ3n) is 2.70. The third kappa shape index (κ3) is 5.52. The van der Waals surface area contributed by atoms with Crippen molar-refractivity contribution in [3.8, 4) is 0 Å². The van der Waals surface area contributed by atoms with E-state index in [1.165, 1.54) is 24.3 Å². The molecule has 0 aliphatic carbocycles. The van der Waals surface area contributed by atoms with Gasteiger partial charge in [0.05, 0.1) is 5.56 Å². The molecule has 0 saturated heterocycles. The van der Waals surface area contributed by atoms with Crippen LogP contribution in [-0.2, 0) is 4.79 Å². The highest BCUT2D eigenvalue weighted by Gasteiger charge is 2.21. The molecule has 0 bridgehead atoms. The lowest BCUT2D eigenvalue weighted by Crippen LogP contribution is -2.43. The normalized spacial score (nSPS) is 11.8. The second-order valence-corrected chi connectivity index (χ2v) is 5.00. The first-order valence-corrected chi connectivity index (χ1v) is 6.43. The van der Waals surface area contributed by atoms with Gasteiger partial charge in [0.2, 0.25) is 0 Å². The molecule has 1 rings (SSSR count). The summed E-state index contributed by atoms with van der Waals surface area (Å²) in [4.78, 5) is 33.5. The predicted molar refractivity (Wildman–Crippen MR) is 76.4 cm³/mol. The molecule has 0 aliphatic rings. The molecule has 0 heterocycles. The Balaban J connectivity index is 2.63. The summed E-state index contributed by atoms with van der Waals surface area (Å²) < 4.78 is 0. The van der Waals surface area contributed by atoms with Crippen LogP contribution in [0.25, 0.3) is 0 Å². The third-order valence-corrected chi connectivity index (χ3v) is 2.70. The lowest BCUT2D eigenvalue weighted by Gasteiger charge is -2.16. The van der Waals surface area contributed by atoms with Crippen LogP contribution in [0, 0.1) is 5.92 Å². The van der Waals surface area contributed by atoms with E-state index in [0.29, 0.717) is 12.1 Å². The highest BCUT2D eigenvalue weighted by atomic mass is 16.4. The van der Waals surface area contributed by atoms with Crippen molar-refractivity contribution in [2.24, 2.45) is 5.92 Å². The molecule has 4 N–H and O–H groups in total. The number of anilines is 1. The van der Waals surface area contributed by atoms with E-state index in [1.807, 2.05) is 13.8 Å². The zero-order valence-corrected chi connectivity index (χ0v) is 11.8. The van der Waals surface area contributed by atoms with Gasteiger partial charge in [-0.2, -0.15) is 0 Å². The van der Waals surface area contributed by atoms with Crippen LogP contribution in [0.5, 0.6) is 0 Å². The molecule has 0 fully saturated rings. The number of aromatic carboxylic acids is 1. The van der Waals surface area contributed by atoms with Crippen LogP contribution >= 0.6 is 0 Å². The number of carboxylic acid groups (broad SMARTS) is 2. The first kappa shape index (κ1) is 16.5. The molecule has 0 aromatic heterocycles. The topological polar surface area (TPSA) is 116 Å². The van der Waals surface area contributed by atoms with Crippen LogP contribution in [0.3, 0.4) is 0 Å². The Hall–Kier alpha value is -2.57. The number of benzene rings is 1. The van der Waals surface area contributed by atoms with E-state index in [1.54, 1.807) is 0 Å². The summed E-state index contributed by atoms with van der Waals surface area (Å²) in [6, 6.07) is 3.94. The summed E-state index contributed by atoms with van der Waals surface area (Å²) in [6.07, 6.45) is 0.320. The second-order valence-electron chi connectivity index (χ2n) is 5.00. The number of hydrogen-bond acceptors (Lipinski definition) is 3. The molecule has 0 radical (unpaired) electrons. The summed E-state index contributed by atoms with van der Waals surface area (Å²) in [5.41, 5.74) is 0.482. The maximum absolute atomic E-state index is 11.7. The molecule has 114 valence electrons. The first-order valence-electron chi connectivity index (χ1n) is 6.43. The Bertz CT molecular complexity index is 525. The number of urea groups is 1. The average Bonchev–Trinajstić information content (AvgIpc) is 2.37. The Morgan fingerprint density at radius 3 is 2.10 bits per heavy atom. The number of rotatable bonds is 6. The fraction of sp³-hybridized carbons (Fsp3) is 0.357. The van der Waals surface area contributed by atoms with Crippen molar-refractivity contribution in [3.63, 3.8) is 0 Å². The maximum Gasteiger partial charge on any atom is 0.335 e. The molecule has 21 heavy (non-hydrogen) atoms. The SMILES string of the molecule is CC(C)CC(NC(=O)Nc1ccc(C(=O)O)cc1)C(=O)O. The highest BCUT2D eigenvalue weighted by molar-refractivity contribution is 5.93. The van der Waals surface area contributed by atoms with E-state index in [0.717, 1.165) is 0 Å². The second kappa shape index (κ2) is 7.28. The van der Waals surface area contributed by atoms with E-state index in [2.05, 4.69) is 10.6 Å². The Labute approximate surface area is 122 Å². The summed E-state index contributed by atoms with van der Waals surface area (Å²) >= 11 is 0. The molecule has 0 spiro atoms. The minimum absolute atomic E-state index is 0.101. The number of carboxylic acids is 2. The molecule has 7 nitrogen and oxygen atoms in total. The van der Waals surface area contributed by atoms with Gasteiger partial charge in [-0.15, -0.1) is 0 Å². The molecule has 1 aromatic carbocycles. The molecule has 1 aromatic rings. The van der Waals surface area contributed by atoms with Crippen molar-refractivity contribution in [3.05, 3.63) is 29.8 Å². The molecule has 2 amide bonds. The lowest BCUT2D eigenvalue weighted by molar-refractivity contribution is -0.139. The first-order chi connectivity index (χ1) is 9.79. The van der Waals surface area contributed by atoms with Gasteiger partial charge in [-0.1, -0.05) is 13.8 Å². The van der Waals surface area contributed by atoms with Gasteiger partial charge in [-0.3, -0.25) is 0 Å². The quantitative estimate of drug-likeness (QED) is 0.640. The maximum atomic E-state index is 11.7. The van der Waals surface area contributed by atoms with E-state index >= 15 is 0 Å². The van der Waals surface area contributed by atoms with E-state index in [4.69, 9.17) is 10.2 Å². The minimum Gasteiger partial charge on any atom is -0.480 e. The summed E-state index contributed by atoms with van der Waals surface area (Å²) in [7, 11) is 0. The number of aliphatic carboxylic acids is 1. The van der Waals surface area contributed by atoms with Crippen molar-refractivity contribution < 1.29 is 24.6 Å². The Morgan fingerprint density at radius 1 is 1.10 bits per heavy atom. The minimum atomic E-state index is -1.10. The van der Waals surface area contributed by atoms with Crippen molar-refractivity contribution >= 4 is 23.7 Å². The van der Waals surface area contributed by atoms with Gasteiger partial charge in [0.15, 0.2) is 0 Å². The largest absolute Gasteiger partial charge is 0.480 e. The smallest absolute Gasteiger partial charge is 0.335 e. The van der Waals surface area contributed by atoms with Crippen molar-refractivity contribution in [2.45, 2.75) is 26.3 Å². The van der Waals surface area contributed by atoms with Crippen molar-refractivity contribution in [1.82, 2.24) is 5.32 Å². The van der Waals surface area contributed by atoms with E-state index in [9.17, 15) is 14.4 Å². The molecular formula is C14H18N2O5. The van der Waals surface area contributed by atoms with Crippen LogP contribution in [0.4, 0.5) is 10.5 Å². The summed E-state index contributed by atoms with van der Waals surface area (Å²) in [5, 5.41) is 22.6. The average molecular weight is 294 g/mol. The van der Waals surface area contributed by atoms with E-state index < -0.39 is 24.0 Å². The lowest BCUT2D eigenvalue weighted by atomic mass is 10.0. The molecule has 1 atom stereocenters. The molecule has 0 saturated carbocycles. The molecule has 7 heteroatoms. The number of carbonyl (C=O) groups excluding carboxylic acids is 1. The zero-order chi connectivity index (χ0) is 16.0. The Kier molecular flexibility index (Phi) is 5.71. The van der Waals surface area contributed by atoms with Crippen molar-refractivity contribution in [1.29, 1.82) is 0 Å². The number of nitrogens with one attached hydrogen (secondary N) is 2. The van der Waals surface area contributed by atoms with Gasteiger partial charge in [0.1, 0.15) is 6.04 Å². The van der Waals surface area contributed by atoms with Crippen LogP contribution in [0.2, 0.25) is 0 Å². The van der Waals surface area contributed by atoms with Gasteiger partial charge in [0, 0.05) is 5.69 Å². The molecular weight excluding hydrogens is 276 g/mol. The van der Waals surface area contributed by atoms with Crippen LogP contribution in [0.15, 0.2) is 24.3 Å². The Morgan fingerprint density at radius 2 is 1.67 bits per heavy atom. The van der Waals surface area contributed by atoms with Crippen LogP contribution < -0.4 is 10.6 Å². The molecule has 1 unspecified atom stereocenters. The van der Waals surface area contributed by atoms with Gasteiger partial charge in [-0.25, -0.2) is 14.4 Å². The number of hydrogen-bond donors (Lipinski definition) is 4. The van der Waals surface area contributed by atoms with Gasteiger partial charge < -0.3 is 20.8 Å². The molecule has 0 aliphatic heterocycles.